The second-order valence-corrected chi connectivity index (χ2v) is 5.46. The maximum absolute atomic E-state index is 12.3. The number of carbonyl (C=O) groups is 1. The van der Waals surface area contributed by atoms with Crippen molar-refractivity contribution in [3.8, 4) is 0 Å². The van der Waals surface area contributed by atoms with Crippen LogP contribution in [0.5, 0.6) is 0 Å². The molecule has 1 aliphatic heterocycles. The van der Waals surface area contributed by atoms with Gasteiger partial charge in [-0.3, -0.25) is 20.2 Å². The molecular formula is C15H21N3O3. The molecule has 2 atom stereocenters. The first-order valence-corrected chi connectivity index (χ1v) is 7.29. The fraction of sp³-hybridized carbons (Fsp3) is 0.533. The molecule has 6 heteroatoms. The molecule has 1 heterocycles. The zero-order valence-corrected chi connectivity index (χ0v) is 12.4. The van der Waals surface area contributed by atoms with Crippen molar-refractivity contribution in [2.24, 2.45) is 0 Å². The minimum absolute atomic E-state index is 0.0675. The van der Waals surface area contributed by atoms with Crippen LogP contribution in [0, 0.1) is 10.1 Å². The number of nitrogens with one attached hydrogen (secondary N) is 1. The third kappa shape index (κ3) is 3.58. The molecule has 114 valence electrons. The van der Waals surface area contributed by atoms with E-state index in [1.54, 1.807) is 18.2 Å². The number of nitro benzene ring substituents is 1. The molecule has 0 spiro atoms. The highest BCUT2D eigenvalue weighted by Gasteiger charge is 2.26. The van der Waals surface area contributed by atoms with E-state index in [9.17, 15) is 14.9 Å². The molecule has 1 N–H and O–H groups in total. The second-order valence-electron chi connectivity index (χ2n) is 5.46. The molecule has 0 saturated carbocycles. The number of benzene rings is 1. The van der Waals surface area contributed by atoms with Gasteiger partial charge in [0, 0.05) is 30.8 Å². The Labute approximate surface area is 124 Å². The van der Waals surface area contributed by atoms with Crippen molar-refractivity contribution < 1.29 is 9.72 Å². The molecule has 1 fully saturated rings. The molecule has 21 heavy (non-hydrogen) atoms. The highest BCUT2D eigenvalue weighted by molar-refractivity contribution is 5.81. The van der Waals surface area contributed by atoms with Crippen molar-refractivity contribution in [3.63, 3.8) is 0 Å². The standard InChI is InChI=1S/C15H21N3O3/c1-11(13-7-3-4-8-14(13)18(20)21)16-12(2)15(19)17-9-5-6-10-17/h3-4,7-8,11-12,16H,5-6,9-10H2,1-2H3. The van der Waals surface area contributed by atoms with Gasteiger partial charge in [0.15, 0.2) is 0 Å². The van der Waals surface area contributed by atoms with E-state index in [-0.39, 0.29) is 28.6 Å². The largest absolute Gasteiger partial charge is 0.341 e. The van der Waals surface area contributed by atoms with Gasteiger partial charge in [-0.2, -0.15) is 0 Å². The van der Waals surface area contributed by atoms with E-state index in [4.69, 9.17) is 0 Å². The topological polar surface area (TPSA) is 75.5 Å². The van der Waals surface area contributed by atoms with Gasteiger partial charge in [-0.15, -0.1) is 0 Å². The van der Waals surface area contributed by atoms with Crippen molar-refractivity contribution >= 4 is 11.6 Å². The maximum atomic E-state index is 12.3. The number of hydrogen-bond donors (Lipinski definition) is 1. The molecule has 1 aromatic carbocycles. The van der Waals surface area contributed by atoms with Crippen molar-refractivity contribution in [1.82, 2.24) is 10.2 Å². The van der Waals surface area contributed by atoms with Crippen molar-refractivity contribution in [3.05, 3.63) is 39.9 Å². The fourth-order valence-electron chi connectivity index (χ4n) is 2.77. The van der Waals surface area contributed by atoms with Crippen LogP contribution < -0.4 is 5.32 Å². The van der Waals surface area contributed by atoms with Crippen LogP contribution in [0.25, 0.3) is 0 Å². The Morgan fingerprint density at radius 1 is 1.29 bits per heavy atom. The van der Waals surface area contributed by atoms with E-state index in [1.165, 1.54) is 6.07 Å². The van der Waals surface area contributed by atoms with Gasteiger partial charge in [0.1, 0.15) is 0 Å². The molecule has 1 aliphatic rings. The Balaban J connectivity index is 2.05. The molecule has 0 aliphatic carbocycles. The highest BCUT2D eigenvalue weighted by atomic mass is 16.6. The third-order valence-corrected chi connectivity index (χ3v) is 3.89. The van der Waals surface area contributed by atoms with Crippen LogP contribution in [0.1, 0.15) is 38.3 Å². The Hall–Kier alpha value is -1.95. The summed E-state index contributed by atoms with van der Waals surface area (Å²) in [6.45, 7) is 5.28. The van der Waals surface area contributed by atoms with Crippen LogP contribution in [0.3, 0.4) is 0 Å². The molecule has 0 aromatic heterocycles. The zero-order chi connectivity index (χ0) is 15.4. The Bertz CT molecular complexity index is 527. The molecule has 2 rings (SSSR count). The number of amides is 1. The normalized spacial score (nSPS) is 17.5. The van der Waals surface area contributed by atoms with Crippen LogP contribution in [-0.4, -0.2) is 34.9 Å². The van der Waals surface area contributed by atoms with Gasteiger partial charge in [-0.25, -0.2) is 0 Å². The number of hydrogen-bond acceptors (Lipinski definition) is 4. The molecule has 0 bridgehead atoms. The minimum atomic E-state index is -0.388. The molecule has 1 saturated heterocycles. The summed E-state index contributed by atoms with van der Waals surface area (Å²) < 4.78 is 0. The van der Waals surface area contributed by atoms with Crippen molar-refractivity contribution in [2.75, 3.05) is 13.1 Å². The summed E-state index contributed by atoms with van der Waals surface area (Å²) in [6, 6.07) is 6.02. The van der Waals surface area contributed by atoms with E-state index in [2.05, 4.69) is 5.32 Å². The summed E-state index contributed by atoms with van der Waals surface area (Å²) in [7, 11) is 0. The number of rotatable bonds is 5. The molecule has 6 nitrogen and oxygen atoms in total. The van der Waals surface area contributed by atoms with Gasteiger partial charge in [0.05, 0.1) is 11.0 Å². The monoisotopic (exact) mass is 291 g/mol. The van der Waals surface area contributed by atoms with Gasteiger partial charge in [0.2, 0.25) is 5.91 Å². The first kappa shape index (κ1) is 15.4. The van der Waals surface area contributed by atoms with Crippen LogP contribution >= 0.6 is 0 Å². The fourth-order valence-corrected chi connectivity index (χ4v) is 2.77. The number of nitrogens with zero attached hydrogens (tertiary/aromatic N) is 2. The summed E-state index contributed by atoms with van der Waals surface area (Å²) >= 11 is 0. The van der Waals surface area contributed by atoms with E-state index in [1.807, 2.05) is 18.7 Å². The zero-order valence-electron chi connectivity index (χ0n) is 12.4. The molecule has 1 amide bonds. The van der Waals surface area contributed by atoms with Crippen LogP contribution in [0.2, 0.25) is 0 Å². The summed E-state index contributed by atoms with van der Waals surface area (Å²) in [6.07, 6.45) is 2.11. The highest BCUT2D eigenvalue weighted by Crippen LogP contribution is 2.25. The number of nitro groups is 1. The van der Waals surface area contributed by atoms with Crippen molar-refractivity contribution in [2.45, 2.75) is 38.8 Å². The Kier molecular flexibility index (Phi) is 4.90. The first-order chi connectivity index (χ1) is 10.0. The lowest BCUT2D eigenvalue weighted by Gasteiger charge is -2.24. The van der Waals surface area contributed by atoms with Gasteiger partial charge >= 0.3 is 0 Å². The lowest BCUT2D eigenvalue weighted by molar-refractivity contribution is -0.385. The molecule has 0 radical (unpaired) electrons. The van der Waals surface area contributed by atoms with Gasteiger partial charge in [0.25, 0.3) is 5.69 Å². The molecular weight excluding hydrogens is 270 g/mol. The van der Waals surface area contributed by atoms with Crippen LogP contribution in [-0.2, 0) is 4.79 Å². The van der Waals surface area contributed by atoms with Crippen molar-refractivity contribution in [1.29, 1.82) is 0 Å². The Morgan fingerprint density at radius 3 is 2.52 bits per heavy atom. The Morgan fingerprint density at radius 2 is 1.90 bits per heavy atom. The van der Waals surface area contributed by atoms with E-state index >= 15 is 0 Å². The van der Waals surface area contributed by atoms with E-state index in [0.717, 1.165) is 25.9 Å². The lowest BCUT2D eigenvalue weighted by atomic mass is 10.1. The quantitative estimate of drug-likeness (QED) is 0.667. The van der Waals surface area contributed by atoms with Gasteiger partial charge < -0.3 is 4.90 Å². The lowest BCUT2D eigenvalue weighted by Crippen LogP contribution is -2.44. The van der Waals surface area contributed by atoms with Gasteiger partial charge in [-0.1, -0.05) is 18.2 Å². The van der Waals surface area contributed by atoms with Gasteiger partial charge in [-0.05, 0) is 26.7 Å². The van der Waals surface area contributed by atoms with Crippen LogP contribution in [0.15, 0.2) is 24.3 Å². The van der Waals surface area contributed by atoms with E-state index in [0.29, 0.717) is 5.56 Å². The number of likely N-dealkylation sites (tertiary alicyclic amines) is 1. The predicted molar refractivity (Wildman–Crippen MR) is 79.9 cm³/mol. The average molecular weight is 291 g/mol. The summed E-state index contributed by atoms with van der Waals surface area (Å²) in [5.41, 5.74) is 0.682. The second kappa shape index (κ2) is 6.67. The number of para-hydroxylation sites is 1. The summed E-state index contributed by atoms with van der Waals surface area (Å²) in [5, 5.41) is 14.2. The predicted octanol–water partition coefficient (Wildman–Crippen LogP) is 2.26. The van der Waals surface area contributed by atoms with Crippen LogP contribution in [0.4, 0.5) is 5.69 Å². The smallest absolute Gasteiger partial charge is 0.274 e. The first-order valence-electron chi connectivity index (χ1n) is 7.29. The summed E-state index contributed by atoms with van der Waals surface area (Å²) in [5.74, 6) is 0.0675. The number of carbonyl (C=O) groups excluding carboxylic acids is 1. The third-order valence-electron chi connectivity index (χ3n) is 3.89. The SMILES string of the molecule is CC(NC(C)c1ccccc1[N+](=O)[O-])C(=O)N1CCCC1. The minimum Gasteiger partial charge on any atom is -0.341 e. The molecule has 2 unspecified atom stereocenters. The average Bonchev–Trinajstić information content (AvgIpc) is 3.00. The molecule has 1 aromatic rings. The summed E-state index contributed by atoms with van der Waals surface area (Å²) in [4.78, 5) is 24.8. The van der Waals surface area contributed by atoms with E-state index < -0.39 is 0 Å². The maximum Gasteiger partial charge on any atom is 0.274 e.